The van der Waals surface area contributed by atoms with Crippen LogP contribution in [0.1, 0.15) is 15.9 Å². The highest BCUT2D eigenvalue weighted by Gasteiger charge is 2.14. The first-order chi connectivity index (χ1) is 13.6. The molecule has 148 valence electrons. The number of amides is 1. The first kappa shape index (κ1) is 20.4. The van der Waals surface area contributed by atoms with E-state index in [2.05, 4.69) is 15.0 Å². The van der Waals surface area contributed by atoms with Gasteiger partial charge in [0.15, 0.2) is 0 Å². The first-order valence-corrected chi connectivity index (χ1v) is 10.5. The molecule has 0 aliphatic rings. The summed E-state index contributed by atoms with van der Waals surface area (Å²) in [5.41, 5.74) is 2.73. The summed E-state index contributed by atoms with van der Waals surface area (Å²) < 4.78 is 26.9. The molecule has 0 saturated heterocycles. The molecular weight excluding hydrogens is 414 g/mol. The van der Waals surface area contributed by atoms with Crippen molar-refractivity contribution in [2.45, 2.75) is 0 Å². The number of aromatic nitrogens is 2. The predicted molar refractivity (Wildman–Crippen MR) is 111 cm³/mol. The van der Waals surface area contributed by atoms with Gasteiger partial charge in [0.05, 0.1) is 34.5 Å². The number of carbonyl (C=O) groups is 1. The Balaban J connectivity index is 1.84. The van der Waals surface area contributed by atoms with Crippen molar-refractivity contribution in [1.29, 1.82) is 5.26 Å². The summed E-state index contributed by atoms with van der Waals surface area (Å²) >= 11 is 6.02. The zero-order valence-electron chi connectivity index (χ0n) is 15.5. The highest BCUT2D eigenvalue weighted by molar-refractivity contribution is 7.92. The molecule has 0 aliphatic heterocycles. The number of carbonyl (C=O) groups excluding carboxylic acids is 1. The number of aryl methyl sites for hydroxylation is 1. The summed E-state index contributed by atoms with van der Waals surface area (Å²) in [5.74, 6) is -0.395. The number of anilines is 2. The summed E-state index contributed by atoms with van der Waals surface area (Å²) in [6, 6.07) is 11.5. The zero-order valence-corrected chi connectivity index (χ0v) is 17.0. The van der Waals surface area contributed by atoms with Gasteiger partial charge in [-0.15, -0.1) is 0 Å². The minimum atomic E-state index is -3.48. The van der Waals surface area contributed by atoms with Crippen LogP contribution >= 0.6 is 11.6 Å². The number of halogens is 1. The topological polar surface area (TPSA) is 117 Å². The van der Waals surface area contributed by atoms with E-state index >= 15 is 0 Å². The fourth-order valence-corrected chi connectivity index (χ4v) is 3.47. The Morgan fingerprint density at radius 1 is 1.21 bits per heavy atom. The number of rotatable bonds is 5. The van der Waals surface area contributed by atoms with Crippen LogP contribution in [0, 0.1) is 11.3 Å². The molecule has 2 heterocycles. The summed E-state index contributed by atoms with van der Waals surface area (Å²) in [5, 5.41) is 11.8. The van der Waals surface area contributed by atoms with Gasteiger partial charge in [0, 0.05) is 30.2 Å². The average molecular weight is 430 g/mol. The van der Waals surface area contributed by atoms with Gasteiger partial charge in [0.2, 0.25) is 10.0 Å². The maximum absolute atomic E-state index is 12.6. The molecule has 0 aliphatic carbocycles. The molecule has 8 nitrogen and oxygen atoms in total. The molecule has 3 aromatic rings. The zero-order chi connectivity index (χ0) is 21.2. The molecule has 3 rings (SSSR count). The Morgan fingerprint density at radius 2 is 1.93 bits per heavy atom. The second-order valence-corrected chi connectivity index (χ2v) is 8.51. The van der Waals surface area contributed by atoms with Crippen molar-refractivity contribution >= 4 is 38.9 Å². The lowest BCUT2D eigenvalue weighted by Crippen LogP contribution is -2.13. The highest BCUT2D eigenvalue weighted by atomic mass is 35.5. The van der Waals surface area contributed by atoms with Crippen molar-refractivity contribution in [2.75, 3.05) is 16.3 Å². The number of hydrogen-bond donors (Lipinski definition) is 2. The van der Waals surface area contributed by atoms with Crippen LogP contribution in [0.2, 0.25) is 5.02 Å². The van der Waals surface area contributed by atoms with Crippen molar-refractivity contribution in [3.8, 4) is 17.5 Å². The number of hydrogen-bond acceptors (Lipinski definition) is 5. The Morgan fingerprint density at radius 3 is 2.55 bits per heavy atom. The summed E-state index contributed by atoms with van der Waals surface area (Å²) in [6.07, 6.45) is 4.13. The lowest BCUT2D eigenvalue weighted by molar-refractivity contribution is 0.102. The van der Waals surface area contributed by atoms with Gasteiger partial charge in [0.1, 0.15) is 6.07 Å². The van der Waals surface area contributed by atoms with Crippen LogP contribution in [0.5, 0.6) is 0 Å². The molecule has 10 heteroatoms. The van der Waals surface area contributed by atoms with Crippen LogP contribution in [-0.2, 0) is 17.1 Å². The van der Waals surface area contributed by atoms with Gasteiger partial charge in [-0.3, -0.25) is 14.5 Å². The molecule has 0 unspecified atom stereocenters. The van der Waals surface area contributed by atoms with E-state index in [4.69, 9.17) is 16.9 Å². The smallest absolute Gasteiger partial charge is 0.257 e. The van der Waals surface area contributed by atoms with Gasteiger partial charge in [-0.25, -0.2) is 8.42 Å². The van der Waals surface area contributed by atoms with E-state index in [0.717, 1.165) is 6.26 Å². The van der Waals surface area contributed by atoms with Crippen LogP contribution in [-0.4, -0.2) is 30.1 Å². The second-order valence-electron chi connectivity index (χ2n) is 6.33. The van der Waals surface area contributed by atoms with Crippen molar-refractivity contribution < 1.29 is 13.2 Å². The lowest BCUT2D eigenvalue weighted by atomic mass is 10.2. The van der Waals surface area contributed by atoms with Gasteiger partial charge in [0.25, 0.3) is 5.91 Å². The molecule has 1 aromatic carbocycles. The van der Waals surface area contributed by atoms with Crippen LogP contribution in [0.4, 0.5) is 11.4 Å². The Hall–Kier alpha value is -3.35. The van der Waals surface area contributed by atoms with E-state index in [0.29, 0.717) is 28.2 Å². The van der Waals surface area contributed by atoms with Crippen molar-refractivity contribution in [2.24, 2.45) is 7.05 Å². The Bertz CT molecular complexity index is 1230. The highest BCUT2D eigenvalue weighted by Crippen LogP contribution is 2.25. The quantitative estimate of drug-likeness (QED) is 0.645. The summed E-state index contributed by atoms with van der Waals surface area (Å²) in [6.45, 7) is 0. The first-order valence-electron chi connectivity index (χ1n) is 8.27. The Kier molecular flexibility index (Phi) is 5.59. The third-order valence-corrected chi connectivity index (χ3v) is 4.71. The number of nitrogens with zero attached hydrogens (tertiary/aromatic N) is 3. The average Bonchev–Trinajstić information content (AvgIpc) is 3.01. The monoisotopic (exact) mass is 429 g/mol. The molecule has 2 aromatic heterocycles. The van der Waals surface area contributed by atoms with Crippen LogP contribution in [0.3, 0.4) is 0 Å². The number of benzene rings is 1. The molecule has 0 spiro atoms. The number of nitrogens with one attached hydrogen (secondary N) is 2. The van der Waals surface area contributed by atoms with Crippen molar-refractivity contribution in [1.82, 2.24) is 9.55 Å². The normalized spacial score (nSPS) is 11.0. The largest absolute Gasteiger partial charge is 0.348 e. The maximum Gasteiger partial charge on any atom is 0.257 e. The van der Waals surface area contributed by atoms with Gasteiger partial charge >= 0.3 is 0 Å². The van der Waals surface area contributed by atoms with Crippen LogP contribution in [0.15, 0.2) is 48.8 Å². The number of pyridine rings is 1. The second kappa shape index (κ2) is 7.95. The van der Waals surface area contributed by atoms with E-state index in [1.165, 1.54) is 24.4 Å². The molecule has 0 atom stereocenters. The van der Waals surface area contributed by atoms with Gasteiger partial charge in [-0.05, 0) is 36.4 Å². The third-order valence-electron chi connectivity index (χ3n) is 3.88. The SMILES string of the molecule is Cn1cc(C(=O)Nc2cc(Cl)cc(NS(C)(=O)=O)c2)cc1-c1ccc(C#N)cn1. The van der Waals surface area contributed by atoms with E-state index in [9.17, 15) is 13.2 Å². The minimum Gasteiger partial charge on any atom is -0.348 e. The van der Waals surface area contributed by atoms with E-state index in [1.54, 1.807) is 36.0 Å². The predicted octanol–water partition coefficient (Wildman–Crippen LogP) is 3.24. The Labute approximate surface area is 172 Å². The molecule has 0 fully saturated rings. The van der Waals surface area contributed by atoms with Crippen molar-refractivity contribution in [3.05, 3.63) is 64.9 Å². The molecule has 0 bridgehead atoms. The van der Waals surface area contributed by atoms with Gasteiger partial charge < -0.3 is 9.88 Å². The summed E-state index contributed by atoms with van der Waals surface area (Å²) in [7, 11) is -1.70. The van der Waals surface area contributed by atoms with Gasteiger partial charge in [-0.1, -0.05) is 11.6 Å². The summed E-state index contributed by atoms with van der Waals surface area (Å²) in [4.78, 5) is 16.9. The lowest BCUT2D eigenvalue weighted by Gasteiger charge is -2.09. The molecule has 0 radical (unpaired) electrons. The standard InChI is InChI=1S/C19H16ClN5O3S/c1-25-11-13(5-18(25)17-4-3-12(9-21)10-22-17)19(26)23-15-6-14(20)7-16(8-15)24-29(2,27)28/h3-8,10-11,24H,1-2H3,(H,23,26). The van der Waals surface area contributed by atoms with Crippen LogP contribution < -0.4 is 10.0 Å². The molecule has 2 N–H and O–H groups in total. The molecule has 29 heavy (non-hydrogen) atoms. The van der Waals surface area contributed by atoms with E-state index in [-0.39, 0.29) is 10.7 Å². The molecule has 1 amide bonds. The fourth-order valence-electron chi connectivity index (χ4n) is 2.69. The van der Waals surface area contributed by atoms with Gasteiger partial charge in [-0.2, -0.15) is 5.26 Å². The van der Waals surface area contributed by atoms with E-state index < -0.39 is 15.9 Å². The third kappa shape index (κ3) is 5.13. The van der Waals surface area contributed by atoms with E-state index in [1.807, 2.05) is 6.07 Å². The number of nitriles is 1. The fraction of sp³-hybridized carbons (Fsp3) is 0.105. The number of sulfonamides is 1. The van der Waals surface area contributed by atoms with Crippen molar-refractivity contribution in [3.63, 3.8) is 0 Å². The molecule has 0 saturated carbocycles. The minimum absolute atomic E-state index is 0.242. The molecular formula is C19H16ClN5O3S. The maximum atomic E-state index is 12.6. The van der Waals surface area contributed by atoms with Crippen LogP contribution in [0.25, 0.3) is 11.4 Å².